The third-order valence-corrected chi connectivity index (χ3v) is 5.54. The molecule has 2 N–H and O–H groups in total. The Balaban J connectivity index is 1.76. The van der Waals surface area contributed by atoms with E-state index in [0.717, 1.165) is 38.5 Å². The van der Waals surface area contributed by atoms with Crippen LogP contribution < -0.4 is 10.6 Å². The summed E-state index contributed by atoms with van der Waals surface area (Å²) >= 11 is 0. The Morgan fingerprint density at radius 1 is 1.08 bits per heavy atom. The molecule has 1 aliphatic carbocycles. The highest BCUT2D eigenvalue weighted by Crippen LogP contribution is 2.28. The Hall–Kier alpha value is -0.900. The molecule has 1 saturated heterocycles. The fourth-order valence-electron chi connectivity index (χ4n) is 3.92. The van der Waals surface area contributed by atoms with Crippen LogP contribution in [-0.4, -0.2) is 30.3 Å². The summed E-state index contributed by atoms with van der Waals surface area (Å²) in [6.07, 6.45) is 11.2. The van der Waals surface area contributed by atoms with Gasteiger partial charge in [-0.15, -0.1) is 0 Å². The fraction of sp³-hybridized carbons (Fsp3) is 0.900. The molecular weight excluding hydrogens is 300 g/mol. The smallest absolute Gasteiger partial charge is 0.225 e. The third kappa shape index (κ3) is 5.87. The lowest BCUT2D eigenvalue weighted by Crippen LogP contribution is -2.43. The highest BCUT2D eigenvalue weighted by molar-refractivity contribution is 5.86. The number of nitrogens with one attached hydrogen (secondary N) is 2. The van der Waals surface area contributed by atoms with Crippen molar-refractivity contribution in [1.29, 1.82) is 0 Å². The van der Waals surface area contributed by atoms with E-state index in [1.807, 2.05) is 20.8 Å². The zero-order chi connectivity index (χ0) is 17.6. The van der Waals surface area contributed by atoms with E-state index < -0.39 is 0 Å². The summed E-state index contributed by atoms with van der Waals surface area (Å²) in [5.41, 5.74) is -0.326. The number of amides is 1. The molecule has 2 rings (SSSR count). The lowest BCUT2D eigenvalue weighted by atomic mass is 9.89. The topological polar surface area (TPSA) is 58.2 Å². The van der Waals surface area contributed by atoms with Gasteiger partial charge < -0.3 is 10.6 Å². The second-order valence-electron chi connectivity index (χ2n) is 8.73. The van der Waals surface area contributed by atoms with Crippen LogP contribution in [0.15, 0.2) is 0 Å². The molecule has 0 aromatic rings. The van der Waals surface area contributed by atoms with Gasteiger partial charge in [-0.2, -0.15) is 0 Å². The average Bonchev–Trinajstić information content (AvgIpc) is 2.61. The van der Waals surface area contributed by atoms with Gasteiger partial charge in [0.1, 0.15) is 0 Å². The van der Waals surface area contributed by atoms with Gasteiger partial charge in [0.15, 0.2) is 5.78 Å². The van der Waals surface area contributed by atoms with Crippen molar-refractivity contribution in [3.8, 4) is 0 Å². The van der Waals surface area contributed by atoms with Crippen LogP contribution >= 0.6 is 0 Å². The Morgan fingerprint density at radius 2 is 1.83 bits per heavy atom. The fourth-order valence-corrected chi connectivity index (χ4v) is 3.92. The van der Waals surface area contributed by atoms with E-state index in [0.29, 0.717) is 18.4 Å². The first-order valence-corrected chi connectivity index (χ1v) is 9.96. The minimum Gasteiger partial charge on any atom is -0.356 e. The molecule has 0 aromatic carbocycles. The molecule has 0 aromatic heterocycles. The second-order valence-corrected chi connectivity index (χ2v) is 8.73. The number of carbonyl (C=O) groups excluding carboxylic acids is 2. The zero-order valence-electron chi connectivity index (χ0n) is 15.8. The predicted octanol–water partition coefficient (Wildman–Crippen LogP) is 3.59. The lowest BCUT2D eigenvalue weighted by molar-refractivity contribution is -0.128. The van der Waals surface area contributed by atoms with Crippen LogP contribution in [0.2, 0.25) is 0 Å². The molecule has 2 aliphatic rings. The molecule has 3 unspecified atom stereocenters. The molecule has 0 spiro atoms. The van der Waals surface area contributed by atoms with Gasteiger partial charge in [-0.25, -0.2) is 0 Å². The summed E-state index contributed by atoms with van der Waals surface area (Å²) in [6, 6.07) is 0.571. The lowest BCUT2D eigenvalue weighted by Gasteiger charge is -2.24. The van der Waals surface area contributed by atoms with Gasteiger partial charge in [-0.1, -0.05) is 40.0 Å². The van der Waals surface area contributed by atoms with E-state index in [9.17, 15) is 9.59 Å². The molecule has 2 bridgehead atoms. The van der Waals surface area contributed by atoms with E-state index in [2.05, 4.69) is 10.6 Å². The van der Waals surface area contributed by atoms with Crippen LogP contribution in [0.4, 0.5) is 0 Å². The van der Waals surface area contributed by atoms with Crippen LogP contribution in [0.5, 0.6) is 0 Å². The van der Waals surface area contributed by atoms with Crippen LogP contribution in [0, 0.1) is 11.3 Å². The van der Waals surface area contributed by atoms with Gasteiger partial charge in [-0.3, -0.25) is 9.59 Å². The van der Waals surface area contributed by atoms with E-state index in [1.54, 1.807) is 0 Å². The van der Waals surface area contributed by atoms with Crippen LogP contribution in [0.1, 0.15) is 85.0 Å². The number of rotatable bonds is 5. The molecule has 138 valence electrons. The number of hydrogen-bond acceptors (Lipinski definition) is 3. The predicted molar refractivity (Wildman–Crippen MR) is 97.8 cm³/mol. The van der Waals surface area contributed by atoms with E-state index >= 15 is 0 Å². The first kappa shape index (κ1) is 19.4. The highest BCUT2D eigenvalue weighted by Gasteiger charge is 2.32. The molecular formula is C20H36N2O2. The molecule has 3 atom stereocenters. The number of unbranched alkanes of at least 4 members (excludes halogenated alkanes) is 1. The van der Waals surface area contributed by atoms with E-state index in [4.69, 9.17) is 0 Å². The minimum absolute atomic E-state index is 0.0407. The number of hydrogen-bond donors (Lipinski definition) is 2. The first-order valence-electron chi connectivity index (χ1n) is 9.96. The van der Waals surface area contributed by atoms with Gasteiger partial charge in [-0.05, 0) is 44.9 Å². The molecule has 2 fully saturated rings. The second kappa shape index (κ2) is 8.98. The van der Waals surface area contributed by atoms with Crippen LogP contribution in [0.25, 0.3) is 0 Å². The average molecular weight is 337 g/mol. The summed E-state index contributed by atoms with van der Waals surface area (Å²) in [4.78, 5) is 24.6. The van der Waals surface area contributed by atoms with Crippen molar-refractivity contribution >= 4 is 11.7 Å². The molecule has 1 amide bonds. The Bertz CT molecular complexity index is 428. The summed E-state index contributed by atoms with van der Waals surface area (Å²) in [5, 5.41) is 6.65. The monoisotopic (exact) mass is 336 g/mol. The number of fused-ring (bicyclic) bond motifs is 3. The molecule has 0 radical (unpaired) electrons. The van der Waals surface area contributed by atoms with Crippen molar-refractivity contribution in [3.63, 3.8) is 0 Å². The Kier molecular flexibility index (Phi) is 7.27. The summed E-state index contributed by atoms with van der Waals surface area (Å²) in [5.74, 6) is 0.845. The van der Waals surface area contributed by atoms with Crippen molar-refractivity contribution < 1.29 is 9.59 Å². The maximum Gasteiger partial charge on any atom is 0.225 e. The summed E-state index contributed by atoms with van der Waals surface area (Å²) in [6.45, 7) is 6.51. The summed E-state index contributed by atoms with van der Waals surface area (Å²) < 4.78 is 0. The minimum atomic E-state index is -0.326. The first-order chi connectivity index (χ1) is 11.4. The largest absolute Gasteiger partial charge is 0.356 e. The van der Waals surface area contributed by atoms with Gasteiger partial charge in [0.2, 0.25) is 5.91 Å². The zero-order valence-corrected chi connectivity index (χ0v) is 15.8. The van der Waals surface area contributed by atoms with Crippen molar-refractivity contribution in [2.45, 2.75) is 97.1 Å². The van der Waals surface area contributed by atoms with Crippen molar-refractivity contribution in [1.82, 2.24) is 10.6 Å². The van der Waals surface area contributed by atoms with Crippen molar-refractivity contribution in [3.05, 3.63) is 0 Å². The van der Waals surface area contributed by atoms with Crippen molar-refractivity contribution in [2.24, 2.45) is 11.3 Å². The van der Waals surface area contributed by atoms with Gasteiger partial charge in [0.25, 0.3) is 0 Å². The molecule has 24 heavy (non-hydrogen) atoms. The van der Waals surface area contributed by atoms with E-state index in [-0.39, 0.29) is 23.3 Å². The molecule has 4 heteroatoms. The van der Waals surface area contributed by atoms with Gasteiger partial charge >= 0.3 is 0 Å². The van der Waals surface area contributed by atoms with Gasteiger partial charge in [0.05, 0.1) is 6.04 Å². The SMILES string of the molecule is CC(C)(C)C(=O)NCCCCC1NC2CCCCCC(CC2)C1=O. The van der Waals surface area contributed by atoms with Crippen molar-refractivity contribution in [2.75, 3.05) is 6.54 Å². The van der Waals surface area contributed by atoms with Crippen LogP contribution in [0.3, 0.4) is 0 Å². The van der Waals surface area contributed by atoms with Gasteiger partial charge in [0, 0.05) is 23.9 Å². The molecule has 4 nitrogen and oxygen atoms in total. The van der Waals surface area contributed by atoms with E-state index in [1.165, 1.54) is 25.7 Å². The highest BCUT2D eigenvalue weighted by atomic mass is 16.2. The number of carbonyl (C=O) groups is 2. The third-order valence-electron chi connectivity index (χ3n) is 5.54. The molecule has 1 saturated carbocycles. The molecule has 1 aliphatic heterocycles. The number of Topliss-reactive ketones (excluding diaryl/α,β-unsaturated/α-hetero) is 1. The van der Waals surface area contributed by atoms with Crippen LogP contribution in [-0.2, 0) is 9.59 Å². The maximum atomic E-state index is 12.8. The quantitative estimate of drug-likeness (QED) is 0.754. The Morgan fingerprint density at radius 3 is 2.58 bits per heavy atom. The Labute approximate surface area is 147 Å². The normalized spacial score (nSPS) is 28.6. The standard InChI is InChI=1S/C20H36N2O2/c1-20(2,3)19(24)21-14-8-7-11-17-18(23)15-9-5-4-6-10-16(22-17)13-12-15/h15-17,22H,4-14H2,1-3H3,(H,21,24). The number of ketones is 1. The maximum absolute atomic E-state index is 12.8. The molecule has 1 heterocycles. The summed E-state index contributed by atoms with van der Waals surface area (Å²) in [7, 11) is 0.